The van der Waals surface area contributed by atoms with Crippen molar-refractivity contribution in [2.45, 2.75) is 48.3 Å². The number of benzene rings is 4. The van der Waals surface area contributed by atoms with E-state index in [0.29, 0.717) is 11.2 Å². The molecule has 2 heterocycles. The highest BCUT2D eigenvalue weighted by Crippen LogP contribution is 2.51. The monoisotopic (exact) mass is 617 g/mol. The Morgan fingerprint density at radius 3 is 2.53 bits per heavy atom. The largest absolute Gasteiger partial charge is 0.456 e. The van der Waals surface area contributed by atoms with E-state index in [1.54, 1.807) is 5.19 Å². The fourth-order valence-corrected chi connectivity index (χ4v) is 10.4. The van der Waals surface area contributed by atoms with Crippen LogP contribution in [0.25, 0.3) is 38.9 Å². The molecule has 0 bridgehead atoms. The molecule has 2 unspecified atom stereocenters. The number of aryl methyl sites for hydroxylation is 1. The first-order chi connectivity index (χ1) is 22.3. The molecule has 220 valence electrons. The zero-order valence-corrected chi connectivity index (χ0v) is 27.7. The Labute approximate surface area is 271 Å². The van der Waals surface area contributed by atoms with Crippen LogP contribution in [0.3, 0.4) is 0 Å². The molecule has 3 aliphatic carbocycles. The van der Waals surface area contributed by atoms with Crippen molar-refractivity contribution >= 4 is 65.7 Å². The maximum atomic E-state index is 6.41. The number of fused-ring (bicyclic) bond motifs is 8. The molecule has 0 saturated heterocycles. The molecular formula is C41H35NOSSi. The van der Waals surface area contributed by atoms with Crippen LogP contribution in [0.2, 0.25) is 6.55 Å². The maximum Gasteiger partial charge on any atom is 0.142 e. The first-order valence-corrected chi connectivity index (χ1v) is 19.4. The van der Waals surface area contributed by atoms with Gasteiger partial charge in [0.15, 0.2) is 0 Å². The Hall–Kier alpha value is -4.25. The zero-order chi connectivity index (χ0) is 29.9. The van der Waals surface area contributed by atoms with E-state index >= 15 is 0 Å². The van der Waals surface area contributed by atoms with E-state index in [1.807, 2.05) is 0 Å². The Morgan fingerprint density at radius 1 is 0.822 bits per heavy atom. The Balaban J connectivity index is 1.13. The lowest BCUT2D eigenvalue weighted by molar-refractivity contribution is 0.598. The molecule has 4 heteroatoms. The van der Waals surface area contributed by atoms with Gasteiger partial charge in [-0.3, -0.25) is 0 Å². The van der Waals surface area contributed by atoms with Crippen molar-refractivity contribution < 1.29 is 4.42 Å². The summed E-state index contributed by atoms with van der Waals surface area (Å²) in [6, 6.07) is 25.6. The SMILES string of the molecule is C[SiH2]c1ccc2c(c1-c1ccc(N(C3=CCCC=C3)c3ccc4c(ccc5c6c(oc54)C=CCC6)c3)cc1)SC1C=CC=CC21. The minimum Gasteiger partial charge on any atom is -0.456 e. The lowest BCUT2D eigenvalue weighted by Gasteiger charge is -2.28. The van der Waals surface area contributed by atoms with Crippen molar-refractivity contribution in [3.63, 3.8) is 0 Å². The number of hydrogen-bond acceptors (Lipinski definition) is 3. The fraction of sp³-hybridized carbons (Fsp3) is 0.171. The number of thioether (sulfide) groups is 1. The highest BCUT2D eigenvalue weighted by molar-refractivity contribution is 8.00. The second-order valence-corrected chi connectivity index (χ2v) is 15.1. The highest BCUT2D eigenvalue weighted by Gasteiger charge is 2.33. The van der Waals surface area contributed by atoms with Crippen molar-refractivity contribution in [3.8, 4) is 11.1 Å². The summed E-state index contributed by atoms with van der Waals surface area (Å²) >= 11 is 2.06. The highest BCUT2D eigenvalue weighted by atomic mass is 32.2. The number of furan rings is 1. The molecule has 0 fully saturated rings. The molecule has 0 spiro atoms. The van der Waals surface area contributed by atoms with Gasteiger partial charge in [0, 0.05) is 49.5 Å². The number of nitrogens with zero attached hydrogens (tertiary/aromatic N) is 1. The molecule has 0 N–H and O–H groups in total. The van der Waals surface area contributed by atoms with Gasteiger partial charge in [0.1, 0.15) is 11.3 Å². The topological polar surface area (TPSA) is 16.4 Å². The van der Waals surface area contributed by atoms with E-state index in [2.05, 4.69) is 145 Å². The van der Waals surface area contributed by atoms with Crippen molar-refractivity contribution in [1.29, 1.82) is 0 Å². The average Bonchev–Trinajstić information content (AvgIpc) is 3.67. The Kier molecular flexibility index (Phi) is 6.61. The first-order valence-electron chi connectivity index (χ1n) is 16.4. The normalized spacial score (nSPS) is 19.8. The smallest absolute Gasteiger partial charge is 0.142 e. The lowest BCUT2D eigenvalue weighted by Crippen LogP contribution is -2.17. The number of hydrogen-bond donors (Lipinski definition) is 0. The van der Waals surface area contributed by atoms with Gasteiger partial charge >= 0.3 is 0 Å². The van der Waals surface area contributed by atoms with Gasteiger partial charge in [-0.1, -0.05) is 90.7 Å². The van der Waals surface area contributed by atoms with Crippen LogP contribution in [-0.4, -0.2) is 14.8 Å². The first kappa shape index (κ1) is 27.1. The molecule has 9 rings (SSSR count). The van der Waals surface area contributed by atoms with Crippen molar-refractivity contribution in [2.24, 2.45) is 0 Å². The summed E-state index contributed by atoms with van der Waals surface area (Å²) in [6.45, 7) is 2.41. The van der Waals surface area contributed by atoms with E-state index in [4.69, 9.17) is 4.42 Å². The summed E-state index contributed by atoms with van der Waals surface area (Å²) < 4.78 is 6.41. The van der Waals surface area contributed by atoms with Crippen molar-refractivity contribution in [2.75, 3.05) is 4.90 Å². The van der Waals surface area contributed by atoms with Crippen LogP contribution in [-0.2, 0) is 6.42 Å². The minimum absolute atomic E-state index is 0.340. The van der Waals surface area contributed by atoms with Crippen LogP contribution in [0.4, 0.5) is 11.4 Å². The number of anilines is 2. The van der Waals surface area contributed by atoms with Crippen molar-refractivity contribution in [1.82, 2.24) is 0 Å². The minimum atomic E-state index is -0.340. The van der Waals surface area contributed by atoms with Gasteiger partial charge in [-0.25, -0.2) is 0 Å². The summed E-state index contributed by atoms with van der Waals surface area (Å²) in [5, 5.41) is 5.71. The molecule has 4 aromatic carbocycles. The van der Waals surface area contributed by atoms with Gasteiger partial charge in [-0.05, 0) is 90.2 Å². The van der Waals surface area contributed by atoms with E-state index < -0.39 is 0 Å². The van der Waals surface area contributed by atoms with E-state index in [0.717, 1.165) is 37.0 Å². The predicted octanol–water partition coefficient (Wildman–Crippen LogP) is 10.1. The van der Waals surface area contributed by atoms with Gasteiger partial charge in [-0.15, -0.1) is 11.8 Å². The van der Waals surface area contributed by atoms with Crippen LogP contribution in [0.1, 0.15) is 42.1 Å². The molecular weight excluding hydrogens is 583 g/mol. The summed E-state index contributed by atoms with van der Waals surface area (Å²) in [5.74, 6) is 1.51. The molecule has 2 atom stereocenters. The third kappa shape index (κ3) is 4.46. The second-order valence-electron chi connectivity index (χ2n) is 12.5. The maximum absolute atomic E-state index is 6.41. The predicted molar refractivity (Wildman–Crippen MR) is 196 cm³/mol. The summed E-state index contributed by atoms with van der Waals surface area (Å²) in [6.07, 6.45) is 24.8. The molecule has 1 aromatic heterocycles. The molecule has 0 saturated carbocycles. The second kappa shape index (κ2) is 11.0. The molecule has 0 amide bonds. The Morgan fingerprint density at radius 2 is 1.67 bits per heavy atom. The molecule has 1 aliphatic heterocycles. The zero-order valence-electron chi connectivity index (χ0n) is 25.5. The third-order valence-electron chi connectivity index (χ3n) is 9.88. The van der Waals surface area contributed by atoms with Gasteiger partial charge in [0.25, 0.3) is 0 Å². The summed E-state index contributed by atoms with van der Waals surface area (Å²) in [5.41, 5.74) is 10.3. The molecule has 0 radical (unpaired) electrons. The van der Waals surface area contributed by atoms with E-state index in [-0.39, 0.29) is 9.52 Å². The van der Waals surface area contributed by atoms with Crippen LogP contribution < -0.4 is 10.1 Å². The molecule has 45 heavy (non-hydrogen) atoms. The van der Waals surface area contributed by atoms with E-state index in [9.17, 15) is 0 Å². The molecule has 5 aromatic rings. The molecule has 2 nitrogen and oxygen atoms in total. The quantitative estimate of drug-likeness (QED) is 0.183. The van der Waals surface area contributed by atoms with Crippen LogP contribution in [0.15, 0.2) is 130 Å². The Bertz CT molecular complexity index is 2140. The standard InChI is InChI=1S/C41H35NOSSi/c1-45-38-24-23-35-33-12-6-8-14-37(33)44-41(35)39(38)26-15-18-29(19-16-26)42(28-9-3-2-4-10-28)30-20-22-31-27(25-30)17-21-34-32-11-5-7-13-36(32)43-40(31)34/h3,6-10,12-25,33,37H,2,4-5,11,45H2,1H3. The van der Waals surface area contributed by atoms with Gasteiger partial charge in [0.05, 0.1) is 9.52 Å². The van der Waals surface area contributed by atoms with Crippen molar-refractivity contribution in [3.05, 3.63) is 138 Å². The lowest BCUT2D eigenvalue weighted by atomic mass is 9.90. The summed E-state index contributed by atoms with van der Waals surface area (Å²) in [4.78, 5) is 3.91. The fourth-order valence-electron chi connectivity index (χ4n) is 7.64. The summed E-state index contributed by atoms with van der Waals surface area (Å²) in [7, 11) is -0.340. The van der Waals surface area contributed by atoms with Gasteiger partial charge in [0.2, 0.25) is 0 Å². The van der Waals surface area contributed by atoms with Gasteiger partial charge < -0.3 is 9.32 Å². The van der Waals surface area contributed by atoms with E-state index in [1.165, 1.54) is 60.4 Å². The van der Waals surface area contributed by atoms with Crippen LogP contribution >= 0.6 is 11.8 Å². The molecule has 4 aliphatic rings. The van der Waals surface area contributed by atoms with Crippen LogP contribution in [0, 0.1) is 0 Å². The number of rotatable bonds is 5. The van der Waals surface area contributed by atoms with Gasteiger partial charge in [-0.2, -0.15) is 0 Å². The average molecular weight is 618 g/mol. The van der Waals surface area contributed by atoms with Crippen LogP contribution in [0.5, 0.6) is 0 Å². The third-order valence-corrected chi connectivity index (χ3v) is 12.6. The number of allylic oxidation sites excluding steroid dienone is 7.